The fourth-order valence-electron chi connectivity index (χ4n) is 1.37. The standard InChI is InChI=1S/C8H17NO2S/c1-7(2)12(10,11)6-8-4-3-5-9-8/h7-9H,3-6H2,1-2H3/t8-/m1/s1. The maximum Gasteiger partial charge on any atom is 0.154 e. The molecule has 12 heavy (non-hydrogen) atoms. The lowest BCUT2D eigenvalue weighted by Crippen LogP contribution is -2.33. The number of hydrogen-bond acceptors (Lipinski definition) is 3. The fourth-order valence-corrected chi connectivity index (χ4v) is 2.60. The van der Waals surface area contributed by atoms with Crippen molar-refractivity contribution in [2.75, 3.05) is 12.3 Å². The molecule has 1 N–H and O–H groups in total. The van der Waals surface area contributed by atoms with Crippen LogP contribution in [0.5, 0.6) is 0 Å². The molecular weight excluding hydrogens is 174 g/mol. The smallest absolute Gasteiger partial charge is 0.154 e. The molecule has 1 saturated heterocycles. The molecule has 1 rings (SSSR count). The van der Waals surface area contributed by atoms with Crippen LogP contribution in [-0.2, 0) is 9.84 Å². The van der Waals surface area contributed by atoms with Gasteiger partial charge in [-0.3, -0.25) is 0 Å². The normalized spacial score (nSPS) is 25.1. The van der Waals surface area contributed by atoms with Gasteiger partial charge in [-0.15, -0.1) is 0 Å². The third-order valence-corrected chi connectivity index (χ3v) is 4.62. The highest BCUT2D eigenvalue weighted by atomic mass is 32.2. The van der Waals surface area contributed by atoms with E-state index < -0.39 is 9.84 Å². The molecule has 0 radical (unpaired) electrons. The average Bonchev–Trinajstić information content (AvgIpc) is 2.38. The van der Waals surface area contributed by atoms with E-state index in [4.69, 9.17) is 0 Å². The van der Waals surface area contributed by atoms with Crippen LogP contribution >= 0.6 is 0 Å². The summed E-state index contributed by atoms with van der Waals surface area (Å²) in [6, 6.07) is 0.206. The second-order valence-corrected chi connectivity index (χ2v) is 6.27. The van der Waals surface area contributed by atoms with E-state index in [9.17, 15) is 8.42 Å². The van der Waals surface area contributed by atoms with Crippen molar-refractivity contribution in [3.8, 4) is 0 Å². The Balaban J connectivity index is 2.49. The average molecular weight is 191 g/mol. The zero-order valence-electron chi connectivity index (χ0n) is 7.71. The predicted molar refractivity (Wildman–Crippen MR) is 49.9 cm³/mol. The minimum atomic E-state index is -2.84. The van der Waals surface area contributed by atoms with Crippen LogP contribution < -0.4 is 5.32 Å². The van der Waals surface area contributed by atoms with E-state index in [-0.39, 0.29) is 11.3 Å². The van der Waals surface area contributed by atoms with Crippen LogP contribution in [0.1, 0.15) is 26.7 Å². The Morgan fingerprint density at radius 1 is 1.50 bits per heavy atom. The second kappa shape index (κ2) is 3.75. The maximum absolute atomic E-state index is 11.4. The maximum atomic E-state index is 11.4. The third-order valence-electron chi connectivity index (χ3n) is 2.31. The minimum absolute atomic E-state index is 0.206. The van der Waals surface area contributed by atoms with Gasteiger partial charge < -0.3 is 5.32 Å². The Bertz CT molecular complexity index is 227. The number of sulfone groups is 1. The van der Waals surface area contributed by atoms with Gasteiger partial charge in [0.15, 0.2) is 9.84 Å². The largest absolute Gasteiger partial charge is 0.313 e. The van der Waals surface area contributed by atoms with Crippen molar-refractivity contribution in [2.45, 2.75) is 38.0 Å². The Morgan fingerprint density at radius 2 is 2.17 bits per heavy atom. The molecule has 0 aromatic carbocycles. The van der Waals surface area contributed by atoms with Gasteiger partial charge >= 0.3 is 0 Å². The lowest BCUT2D eigenvalue weighted by Gasteiger charge is -2.12. The summed E-state index contributed by atoms with van der Waals surface area (Å²) in [4.78, 5) is 0. The van der Waals surface area contributed by atoms with Gasteiger partial charge in [0.05, 0.1) is 11.0 Å². The van der Waals surface area contributed by atoms with E-state index in [1.807, 2.05) is 0 Å². The molecule has 1 fully saturated rings. The zero-order valence-corrected chi connectivity index (χ0v) is 8.52. The second-order valence-electron chi connectivity index (χ2n) is 3.67. The summed E-state index contributed by atoms with van der Waals surface area (Å²) in [5.41, 5.74) is 0. The van der Waals surface area contributed by atoms with E-state index >= 15 is 0 Å². The highest BCUT2D eigenvalue weighted by Crippen LogP contribution is 2.10. The van der Waals surface area contributed by atoms with E-state index in [2.05, 4.69) is 5.32 Å². The Morgan fingerprint density at radius 3 is 2.58 bits per heavy atom. The first-order valence-corrected chi connectivity index (χ1v) is 6.19. The van der Waals surface area contributed by atoms with Crippen LogP contribution in [0.15, 0.2) is 0 Å². The van der Waals surface area contributed by atoms with Crippen LogP contribution in [-0.4, -0.2) is 32.0 Å². The van der Waals surface area contributed by atoms with Gasteiger partial charge in [0, 0.05) is 6.04 Å². The van der Waals surface area contributed by atoms with Crippen LogP contribution in [0.25, 0.3) is 0 Å². The van der Waals surface area contributed by atoms with Gasteiger partial charge in [-0.05, 0) is 33.2 Å². The molecule has 3 nitrogen and oxygen atoms in total. The predicted octanol–water partition coefficient (Wildman–Crippen LogP) is 0.562. The van der Waals surface area contributed by atoms with E-state index in [1.165, 1.54) is 0 Å². The molecule has 0 aromatic rings. The molecule has 0 spiro atoms. The first-order chi connectivity index (χ1) is 5.52. The Labute approximate surface area is 74.5 Å². The van der Waals surface area contributed by atoms with Crippen molar-refractivity contribution in [3.05, 3.63) is 0 Å². The SMILES string of the molecule is CC(C)S(=O)(=O)C[C@H]1CCCN1. The molecule has 0 aromatic heterocycles. The Hall–Kier alpha value is -0.0900. The van der Waals surface area contributed by atoms with E-state index in [1.54, 1.807) is 13.8 Å². The van der Waals surface area contributed by atoms with Gasteiger partial charge in [0.25, 0.3) is 0 Å². The van der Waals surface area contributed by atoms with Crippen molar-refractivity contribution in [1.29, 1.82) is 0 Å². The lowest BCUT2D eigenvalue weighted by atomic mass is 10.3. The zero-order chi connectivity index (χ0) is 9.19. The lowest BCUT2D eigenvalue weighted by molar-refractivity contribution is 0.569. The summed E-state index contributed by atoms with van der Waals surface area (Å²) in [5.74, 6) is 0.310. The fraction of sp³-hybridized carbons (Fsp3) is 1.00. The van der Waals surface area contributed by atoms with E-state index in [0.717, 1.165) is 19.4 Å². The minimum Gasteiger partial charge on any atom is -0.313 e. The highest BCUT2D eigenvalue weighted by molar-refractivity contribution is 7.92. The molecule has 4 heteroatoms. The molecule has 0 unspecified atom stereocenters. The van der Waals surface area contributed by atoms with Crippen molar-refractivity contribution >= 4 is 9.84 Å². The first-order valence-electron chi connectivity index (χ1n) is 4.47. The highest BCUT2D eigenvalue weighted by Gasteiger charge is 2.24. The Kier molecular flexibility index (Phi) is 3.12. The van der Waals surface area contributed by atoms with Gasteiger partial charge in [0.2, 0.25) is 0 Å². The summed E-state index contributed by atoms with van der Waals surface area (Å²) in [6.45, 7) is 4.45. The summed E-state index contributed by atoms with van der Waals surface area (Å²) < 4.78 is 22.9. The first kappa shape index (κ1) is 9.99. The number of nitrogens with one attached hydrogen (secondary N) is 1. The molecule has 1 aliphatic heterocycles. The molecular formula is C8H17NO2S. The van der Waals surface area contributed by atoms with E-state index in [0.29, 0.717) is 5.75 Å². The number of rotatable bonds is 3. The summed E-state index contributed by atoms with van der Waals surface area (Å²) in [7, 11) is -2.84. The van der Waals surface area contributed by atoms with Crippen molar-refractivity contribution < 1.29 is 8.42 Å². The van der Waals surface area contributed by atoms with Gasteiger partial charge in [0.1, 0.15) is 0 Å². The quantitative estimate of drug-likeness (QED) is 0.709. The molecule has 0 saturated carbocycles. The molecule has 1 atom stereocenters. The van der Waals surface area contributed by atoms with Crippen LogP contribution in [0.3, 0.4) is 0 Å². The van der Waals surface area contributed by atoms with Crippen LogP contribution in [0.4, 0.5) is 0 Å². The molecule has 1 aliphatic rings. The summed E-state index contributed by atoms with van der Waals surface area (Å²) in [5, 5.41) is 2.95. The molecule has 1 heterocycles. The van der Waals surface area contributed by atoms with Crippen LogP contribution in [0.2, 0.25) is 0 Å². The van der Waals surface area contributed by atoms with Gasteiger partial charge in [-0.2, -0.15) is 0 Å². The van der Waals surface area contributed by atoms with Crippen molar-refractivity contribution in [1.82, 2.24) is 5.32 Å². The topological polar surface area (TPSA) is 46.2 Å². The summed E-state index contributed by atoms with van der Waals surface area (Å²) in [6.07, 6.45) is 2.12. The van der Waals surface area contributed by atoms with Gasteiger partial charge in [-0.1, -0.05) is 0 Å². The monoisotopic (exact) mass is 191 g/mol. The molecule has 0 aliphatic carbocycles. The third kappa shape index (κ3) is 2.45. The van der Waals surface area contributed by atoms with Crippen LogP contribution in [0, 0.1) is 0 Å². The van der Waals surface area contributed by atoms with Gasteiger partial charge in [-0.25, -0.2) is 8.42 Å². The summed E-state index contributed by atoms with van der Waals surface area (Å²) >= 11 is 0. The molecule has 72 valence electrons. The molecule has 0 amide bonds. The van der Waals surface area contributed by atoms with Crippen molar-refractivity contribution in [2.24, 2.45) is 0 Å². The molecule has 0 bridgehead atoms. The number of hydrogen-bond donors (Lipinski definition) is 1. The van der Waals surface area contributed by atoms with Crippen molar-refractivity contribution in [3.63, 3.8) is 0 Å².